The van der Waals surface area contributed by atoms with E-state index in [1.54, 1.807) is 30.3 Å². The van der Waals surface area contributed by atoms with Gasteiger partial charge in [-0.3, -0.25) is 9.59 Å². The molecule has 0 spiro atoms. The van der Waals surface area contributed by atoms with E-state index in [-0.39, 0.29) is 30.4 Å². The highest BCUT2D eigenvalue weighted by Crippen LogP contribution is 2.26. The second-order valence-electron chi connectivity index (χ2n) is 8.73. The quantitative estimate of drug-likeness (QED) is 0.459. The molecule has 1 fully saturated rings. The number of hydrogen-bond acceptors (Lipinski definition) is 5. The predicted octanol–water partition coefficient (Wildman–Crippen LogP) is 4.25. The fourth-order valence-electron chi connectivity index (χ4n) is 3.75. The molecule has 1 saturated heterocycles. The van der Waals surface area contributed by atoms with Crippen molar-refractivity contribution >= 4 is 21.8 Å². The maximum Gasteiger partial charge on any atom is 0.309 e. The molecule has 6 nitrogen and oxygen atoms in total. The number of ether oxygens (including phenoxy) is 1. The lowest BCUT2D eigenvalue weighted by molar-refractivity contribution is -0.148. The number of sulfonamides is 1. The Morgan fingerprint density at radius 3 is 2.19 bits per heavy atom. The summed E-state index contributed by atoms with van der Waals surface area (Å²) in [6.07, 6.45) is 0.750. The van der Waals surface area contributed by atoms with Gasteiger partial charge in [0.1, 0.15) is 0 Å². The number of hydrogen-bond donors (Lipinski definition) is 0. The average molecular weight is 458 g/mol. The summed E-state index contributed by atoms with van der Waals surface area (Å²) in [5.41, 5.74) is 3.61. The minimum atomic E-state index is -3.59. The summed E-state index contributed by atoms with van der Waals surface area (Å²) in [5, 5.41) is 0. The lowest BCUT2D eigenvalue weighted by Crippen LogP contribution is -2.40. The molecule has 0 saturated carbocycles. The SMILES string of the molecule is Cc1ccc(S(=O)(=O)N2CCC(C(=O)OCC(=O)c3ccc(C(C)C)cc3)CC2)cc1C. The second kappa shape index (κ2) is 9.96. The van der Waals surface area contributed by atoms with Crippen LogP contribution in [0.2, 0.25) is 0 Å². The molecule has 1 aliphatic heterocycles. The first-order valence-corrected chi connectivity index (χ1v) is 12.4. The standard InChI is InChI=1S/C25H31NO5S/c1-17(2)20-6-8-21(9-7-20)24(27)16-31-25(28)22-11-13-26(14-12-22)32(29,30)23-10-5-18(3)19(4)15-23/h5-10,15,17,22H,11-14,16H2,1-4H3. The van der Waals surface area contributed by atoms with Gasteiger partial charge in [-0.05, 0) is 61.4 Å². The largest absolute Gasteiger partial charge is 0.457 e. The molecule has 0 bridgehead atoms. The zero-order valence-electron chi connectivity index (χ0n) is 19.1. The maximum absolute atomic E-state index is 12.9. The van der Waals surface area contributed by atoms with Crippen molar-refractivity contribution in [3.63, 3.8) is 0 Å². The molecular weight excluding hydrogens is 426 g/mol. The number of rotatable bonds is 7. The monoisotopic (exact) mass is 457 g/mol. The summed E-state index contributed by atoms with van der Waals surface area (Å²) in [6.45, 7) is 8.18. The average Bonchev–Trinajstić information content (AvgIpc) is 2.79. The topological polar surface area (TPSA) is 80.8 Å². The van der Waals surface area contributed by atoms with Crippen LogP contribution in [0, 0.1) is 19.8 Å². The van der Waals surface area contributed by atoms with Crippen molar-refractivity contribution in [1.82, 2.24) is 4.31 Å². The van der Waals surface area contributed by atoms with E-state index in [0.29, 0.717) is 24.3 Å². The van der Waals surface area contributed by atoms with Crippen molar-refractivity contribution in [1.29, 1.82) is 0 Å². The lowest BCUT2D eigenvalue weighted by Gasteiger charge is -2.30. The van der Waals surface area contributed by atoms with Crippen molar-refractivity contribution in [2.45, 2.75) is 51.3 Å². The first-order valence-electron chi connectivity index (χ1n) is 11.0. The first kappa shape index (κ1) is 24.1. The molecule has 32 heavy (non-hydrogen) atoms. The van der Waals surface area contributed by atoms with E-state index in [9.17, 15) is 18.0 Å². The van der Waals surface area contributed by atoms with Crippen LogP contribution in [-0.2, 0) is 19.6 Å². The van der Waals surface area contributed by atoms with Gasteiger partial charge in [-0.25, -0.2) is 8.42 Å². The number of carbonyl (C=O) groups is 2. The van der Waals surface area contributed by atoms with E-state index >= 15 is 0 Å². The van der Waals surface area contributed by atoms with Gasteiger partial charge in [0.25, 0.3) is 0 Å². The number of carbonyl (C=O) groups excluding carboxylic acids is 2. The van der Waals surface area contributed by atoms with Gasteiger partial charge in [-0.15, -0.1) is 0 Å². The summed E-state index contributed by atoms with van der Waals surface area (Å²) in [5.74, 6) is -0.720. The van der Waals surface area contributed by atoms with Crippen molar-refractivity contribution < 1.29 is 22.7 Å². The molecule has 0 atom stereocenters. The third-order valence-corrected chi connectivity index (χ3v) is 8.04. The molecule has 0 radical (unpaired) electrons. The number of benzene rings is 2. The molecule has 172 valence electrons. The number of piperidine rings is 1. The molecule has 2 aromatic rings. The van der Waals surface area contributed by atoms with E-state index < -0.39 is 21.9 Å². The smallest absolute Gasteiger partial charge is 0.309 e. The van der Waals surface area contributed by atoms with Gasteiger partial charge < -0.3 is 4.74 Å². The summed E-state index contributed by atoms with van der Waals surface area (Å²) < 4.78 is 32.5. The van der Waals surface area contributed by atoms with Gasteiger partial charge in [0.15, 0.2) is 12.4 Å². The van der Waals surface area contributed by atoms with Crippen LogP contribution in [0.1, 0.15) is 59.7 Å². The number of ketones is 1. The van der Waals surface area contributed by atoms with E-state index in [4.69, 9.17) is 4.74 Å². The Bertz CT molecular complexity index is 1080. The number of nitrogens with zero attached hydrogens (tertiary/aromatic N) is 1. The highest BCUT2D eigenvalue weighted by atomic mass is 32.2. The molecule has 0 amide bonds. The van der Waals surface area contributed by atoms with Gasteiger partial charge >= 0.3 is 5.97 Å². The summed E-state index contributed by atoms with van der Waals surface area (Å²) >= 11 is 0. The molecule has 1 aliphatic rings. The molecule has 0 aromatic heterocycles. The molecular formula is C25H31NO5S. The Labute approximate surface area is 190 Å². The minimum absolute atomic E-state index is 0.247. The van der Waals surface area contributed by atoms with Crippen LogP contribution in [0.3, 0.4) is 0 Å². The van der Waals surface area contributed by atoms with Crippen LogP contribution in [0.15, 0.2) is 47.4 Å². The Balaban J connectivity index is 1.52. The van der Waals surface area contributed by atoms with Gasteiger partial charge in [0, 0.05) is 18.7 Å². The Hall–Kier alpha value is -2.51. The van der Waals surface area contributed by atoms with Gasteiger partial charge in [-0.1, -0.05) is 44.2 Å². The fraction of sp³-hybridized carbons (Fsp3) is 0.440. The van der Waals surface area contributed by atoms with Crippen molar-refractivity contribution in [3.8, 4) is 0 Å². The van der Waals surface area contributed by atoms with Crippen LogP contribution >= 0.6 is 0 Å². The van der Waals surface area contributed by atoms with Crippen LogP contribution in [-0.4, -0.2) is 44.2 Å². The molecule has 2 aromatic carbocycles. The predicted molar refractivity (Wildman–Crippen MR) is 123 cm³/mol. The van der Waals surface area contributed by atoms with E-state index in [1.165, 1.54) is 4.31 Å². The number of aryl methyl sites for hydroxylation is 2. The van der Waals surface area contributed by atoms with Crippen LogP contribution in [0.4, 0.5) is 0 Å². The minimum Gasteiger partial charge on any atom is -0.457 e. The van der Waals surface area contributed by atoms with E-state index in [0.717, 1.165) is 16.7 Å². The first-order chi connectivity index (χ1) is 15.1. The van der Waals surface area contributed by atoms with Crippen molar-refractivity contribution in [2.75, 3.05) is 19.7 Å². The van der Waals surface area contributed by atoms with Crippen molar-refractivity contribution in [2.24, 2.45) is 5.92 Å². The van der Waals surface area contributed by atoms with E-state index in [2.05, 4.69) is 13.8 Å². The highest BCUT2D eigenvalue weighted by molar-refractivity contribution is 7.89. The van der Waals surface area contributed by atoms with Crippen LogP contribution < -0.4 is 0 Å². The summed E-state index contributed by atoms with van der Waals surface area (Å²) in [4.78, 5) is 25.1. The lowest BCUT2D eigenvalue weighted by atomic mass is 9.98. The Morgan fingerprint density at radius 1 is 1.00 bits per heavy atom. The van der Waals surface area contributed by atoms with Crippen LogP contribution in [0.25, 0.3) is 0 Å². The van der Waals surface area contributed by atoms with E-state index in [1.807, 2.05) is 26.0 Å². The third kappa shape index (κ3) is 5.45. The van der Waals surface area contributed by atoms with Gasteiger partial charge in [0.05, 0.1) is 10.8 Å². The molecule has 3 rings (SSSR count). The van der Waals surface area contributed by atoms with Gasteiger partial charge in [0.2, 0.25) is 10.0 Å². The molecule has 7 heteroatoms. The highest BCUT2D eigenvalue weighted by Gasteiger charge is 2.33. The molecule has 1 heterocycles. The van der Waals surface area contributed by atoms with Gasteiger partial charge in [-0.2, -0.15) is 4.31 Å². The molecule has 0 aliphatic carbocycles. The zero-order valence-corrected chi connectivity index (χ0v) is 19.9. The zero-order chi connectivity index (χ0) is 23.5. The second-order valence-corrected chi connectivity index (χ2v) is 10.7. The molecule has 0 N–H and O–H groups in total. The number of Topliss-reactive ketones (excluding diaryl/α,β-unsaturated/α-hetero) is 1. The Kier molecular flexibility index (Phi) is 7.51. The summed E-state index contributed by atoms with van der Waals surface area (Å²) in [7, 11) is -3.59. The maximum atomic E-state index is 12.9. The fourth-order valence-corrected chi connectivity index (χ4v) is 5.30. The van der Waals surface area contributed by atoms with Crippen LogP contribution in [0.5, 0.6) is 0 Å². The Morgan fingerprint density at radius 2 is 1.62 bits per heavy atom. The summed E-state index contributed by atoms with van der Waals surface area (Å²) in [6, 6.07) is 12.4. The third-order valence-electron chi connectivity index (χ3n) is 6.15. The molecule has 0 unspecified atom stereocenters. The normalized spacial score (nSPS) is 15.7. The number of esters is 1. The van der Waals surface area contributed by atoms with Crippen molar-refractivity contribution in [3.05, 3.63) is 64.7 Å².